The van der Waals surface area contributed by atoms with Crippen LogP contribution >= 0.6 is 0 Å². The van der Waals surface area contributed by atoms with Gasteiger partial charge in [0.05, 0.1) is 17.6 Å². The van der Waals surface area contributed by atoms with Crippen LogP contribution in [0, 0.1) is 0 Å². The van der Waals surface area contributed by atoms with Crippen LogP contribution in [0.1, 0.15) is 42.6 Å². The molecule has 2 aromatic heterocycles. The van der Waals surface area contributed by atoms with Crippen LogP contribution < -0.4 is 5.73 Å². The Hall–Kier alpha value is -3.41. The molecule has 0 amide bonds. The van der Waals surface area contributed by atoms with Gasteiger partial charge in [0.15, 0.2) is 5.65 Å². The average molecular weight is 388 g/mol. The summed E-state index contributed by atoms with van der Waals surface area (Å²) in [7, 11) is 0. The van der Waals surface area contributed by atoms with Crippen molar-refractivity contribution in [2.24, 2.45) is 0 Å². The van der Waals surface area contributed by atoms with Crippen LogP contribution in [0.3, 0.4) is 0 Å². The van der Waals surface area contributed by atoms with E-state index in [0.29, 0.717) is 29.1 Å². The molecule has 6 nitrogen and oxygen atoms in total. The van der Waals surface area contributed by atoms with Crippen molar-refractivity contribution in [2.45, 2.75) is 33.1 Å². The van der Waals surface area contributed by atoms with Crippen molar-refractivity contribution >= 4 is 34.0 Å². The number of para-hydroxylation sites is 2. The van der Waals surface area contributed by atoms with Crippen molar-refractivity contribution in [2.75, 3.05) is 12.3 Å². The molecule has 0 radical (unpaired) electrons. The molecular weight excluding hydrogens is 364 g/mol. The quantitative estimate of drug-likeness (QED) is 0.383. The number of rotatable bonds is 6. The molecule has 0 fully saturated rings. The van der Waals surface area contributed by atoms with Crippen LogP contribution in [0.25, 0.3) is 27.9 Å². The zero-order valence-corrected chi connectivity index (χ0v) is 16.7. The molecule has 2 aromatic carbocycles. The second kappa shape index (κ2) is 7.91. The van der Waals surface area contributed by atoms with E-state index in [2.05, 4.69) is 6.92 Å². The van der Waals surface area contributed by atoms with Crippen molar-refractivity contribution in [1.29, 1.82) is 0 Å². The maximum Gasteiger partial charge on any atom is 0.344 e. The minimum absolute atomic E-state index is 0.272. The lowest BCUT2D eigenvalue weighted by atomic mass is 10.1. The van der Waals surface area contributed by atoms with E-state index >= 15 is 0 Å². The number of nitrogens with two attached hydrogens (primary N) is 1. The number of esters is 1. The van der Waals surface area contributed by atoms with Gasteiger partial charge in [-0.25, -0.2) is 14.8 Å². The number of hydrogen-bond donors (Lipinski definition) is 1. The first-order valence-electron chi connectivity index (χ1n) is 9.97. The molecule has 0 bridgehead atoms. The molecule has 0 saturated heterocycles. The topological polar surface area (TPSA) is 83.0 Å². The molecule has 6 heteroatoms. The van der Waals surface area contributed by atoms with Gasteiger partial charge in [-0.2, -0.15) is 0 Å². The van der Waals surface area contributed by atoms with Crippen LogP contribution in [0.2, 0.25) is 0 Å². The van der Waals surface area contributed by atoms with Crippen LogP contribution in [0.4, 0.5) is 5.82 Å². The number of fused-ring (bicyclic) bond motifs is 2. The van der Waals surface area contributed by atoms with E-state index in [-0.39, 0.29) is 5.56 Å². The maximum atomic E-state index is 12.9. The molecule has 2 heterocycles. The fourth-order valence-electron chi connectivity index (χ4n) is 3.39. The number of aryl methyl sites for hydroxylation is 1. The van der Waals surface area contributed by atoms with E-state index in [1.807, 2.05) is 55.5 Å². The Balaban J connectivity index is 1.94. The summed E-state index contributed by atoms with van der Waals surface area (Å²) in [6, 6.07) is 15.6. The molecule has 0 atom stereocenters. The Morgan fingerprint density at radius 2 is 1.72 bits per heavy atom. The van der Waals surface area contributed by atoms with E-state index in [1.54, 1.807) is 4.57 Å². The number of benzene rings is 2. The summed E-state index contributed by atoms with van der Waals surface area (Å²) < 4.78 is 7.24. The SMILES string of the molecule is CCCCOC(=O)c1c(N)n(-c2ccc(CC)cc2)c2nc3ccccc3nc12. The minimum Gasteiger partial charge on any atom is -0.462 e. The summed E-state index contributed by atoms with van der Waals surface area (Å²) in [5, 5.41) is 0. The van der Waals surface area contributed by atoms with Gasteiger partial charge in [-0.1, -0.05) is 44.5 Å². The third kappa shape index (κ3) is 3.42. The normalized spacial score (nSPS) is 11.2. The molecular formula is C23H24N4O2. The molecule has 0 unspecified atom stereocenters. The summed E-state index contributed by atoms with van der Waals surface area (Å²) >= 11 is 0. The number of anilines is 1. The molecule has 0 aliphatic carbocycles. The smallest absolute Gasteiger partial charge is 0.344 e. The predicted octanol–water partition coefficient (Wildman–Crippen LogP) is 4.68. The van der Waals surface area contributed by atoms with Gasteiger partial charge in [-0.05, 0) is 42.7 Å². The maximum absolute atomic E-state index is 12.9. The Kier molecular flexibility index (Phi) is 5.16. The second-order valence-electron chi connectivity index (χ2n) is 6.99. The van der Waals surface area contributed by atoms with Crippen LogP contribution in [0.15, 0.2) is 48.5 Å². The lowest BCUT2D eigenvalue weighted by Crippen LogP contribution is -2.10. The molecule has 148 valence electrons. The van der Waals surface area contributed by atoms with Crippen molar-refractivity contribution in [3.05, 3.63) is 59.7 Å². The lowest BCUT2D eigenvalue weighted by Gasteiger charge is -2.09. The van der Waals surface area contributed by atoms with Gasteiger partial charge >= 0.3 is 5.97 Å². The van der Waals surface area contributed by atoms with Gasteiger partial charge in [0.25, 0.3) is 0 Å². The van der Waals surface area contributed by atoms with Gasteiger partial charge in [0.2, 0.25) is 0 Å². The Morgan fingerprint density at radius 1 is 1.03 bits per heavy atom. The summed E-state index contributed by atoms with van der Waals surface area (Å²) in [5.74, 6) is -0.171. The predicted molar refractivity (Wildman–Crippen MR) is 115 cm³/mol. The van der Waals surface area contributed by atoms with Gasteiger partial charge in [-0.3, -0.25) is 4.57 Å². The summed E-state index contributed by atoms with van der Waals surface area (Å²) in [5.41, 5.74) is 11.3. The molecule has 4 rings (SSSR count). The summed E-state index contributed by atoms with van der Waals surface area (Å²) in [6.45, 7) is 4.51. The fourth-order valence-corrected chi connectivity index (χ4v) is 3.39. The highest BCUT2D eigenvalue weighted by molar-refractivity contribution is 6.09. The van der Waals surface area contributed by atoms with Gasteiger partial charge in [-0.15, -0.1) is 0 Å². The molecule has 0 aliphatic rings. The van der Waals surface area contributed by atoms with Crippen molar-refractivity contribution < 1.29 is 9.53 Å². The monoisotopic (exact) mass is 388 g/mol. The third-order valence-corrected chi connectivity index (χ3v) is 5.04. The largest absolute Gasteiger partial charge is 0.462 e. The molecule has 0 saturated carbocycles. The summed E-state index contributed by atoms with van der Waals surface area (Å²) in [4.78, 5) is 22.3. The van der Waals surface area contributed by atoms with E-state index in [4.69, 9.17) is 20.4 Å². The number of carbonyl (C=O) groups excluding carboxylic acids is 1. The summed E-state index contributed by atoms with van der Waals surface area (Å²) in [6.07, 6.45) is 2.69. The lowest BCUT2D eigenvalue weighted by molar-refractivity contribution is 0.0503. The first-order valence-corrected chi connectivity index (χ1v) is 9.97. The number of nitrogen functional groups attached to an aromatic ring is 1. The number of ether oxygens (including phenoxy) is 1. The van der Waals surface area contributed by atoms with E-state index in [0.717, 1.165) is 30.5 Å². The van der Waals surface area contributed by atoms with Crippen LogP contribution in [-0.4, -0.2) is 27.1 Å². The first-order chi connectivity index (χ1) is 14.1. The van der Waals surface area contributed by atoms with Gasteiger partial charge in [0, 0.05) is 5.69 Å². The van der Waals surface area contributed by atoms with Crippen LogP contribution in [-0.2, 0) is 11.2 Å². The van der Waals surface area contributed by atoms with Crippen molar-refractivity contribution in [3.63, 3.8) is 0 Å². The Morgan fingerprint density at radius 3 is 2.38 bits per heavy atom. The Labute approximate surface area is 169 Å². The standard InChI is InChI=1S/C23H24N4O2/c1-3-5-14-29-23(28)19-20-22(26-18-9-7-6-8-17(18)25-20)27(21(19)24)16-12-10-15(4-2)11-13-16/h6-13H,3-5,14,24H2,1-2H3. The fraction of sp³-hybridized carbons (Fsp3) is 0.261. The van der Waals surface area contributed by atoms with E-state index in [1.165, 1.54) is 5.56 Å². The molecule has 4 aromatic rings. The highest BCUT2D eigenvalue weighted by atomic mass is 16.5. The number of unbranched alkanes of at least 4 members (excludes halogenated alkanes) is 1. The highest BCUT2D eigenvalue weighted by Crippen LogP contribution is 2.31. The van der Waals surface area contributed by atoms with Crippen LogP contribution in [0.5, 0.6) is 0 Å². The molecule has 29 heavy (non-hydrogen) atoms. The number of hydrogen-bond acceptors (Lipinski definition) is 5. The number of nitrogens with zero attached hydrogens (tertiary/aromatic N) is 3. The minimum atomic E-state index is -0.463. The van der Waals surface area contributed by atoms with Crippen molar-refractivity contribution in [3.8, 4) is 5.69 Å². The van der Waals surface area contributed by atoms with E-state index in [9.17, 15) is 4.79 Å². The Bertz CT molecular complexity index is 1180. The highest BCUT2D eigenvalue weighted by Gasteiger charge is 2.25. The average Bonchev–Trinajstić information content (AvgIpc) is 3.03. The first kappa shape index (κ1) is 18.9. The van der Waals surface area contributed by atoms with Gasteiger partial charge < -0.3 is 10.5 Å². The zero-order valence-electron chi connectivity index (χ0n) is 16.7. The third-order valence-electron chi connectivity index (χ3n) is 5.04. The molecule has 0 aliphatic heterocycles. The second-order valence-corrected chi connectivity index (χ2v) is 6.99. The van der Waals surface area contributed by atoms with Gasteiger partial charge in [0.1, 0.15) is 16.9 Å². The molecule has 0 spiro atoms. The van der Waals surface area contributed by atoms with E-state index < -0.39 is 5.97 Å². The molecule has 2 N–H and O–H groups in total. The number of carbonyl (C=O) groups is 1. The number of aromatic nitrogens is 3. The van der Waals surface area contributed by atoms with Crippen molar-refractivity contribution in [1.82, 2.24) is 14.5 Å². The zero-order chi connectivity index (χ0) is 20.4.